The summed E-state index contributed by atoms with van der Waals surface area (Å²) in [4.78, 5) is 46.2. The van der Waals surface area contributed by atoms with Gasteiger partial charge in [0.15, 0.2) is 6.10 Å². The number of benzene rings is 2. The number of aldehydes is 1. The van der Waals surface area contributed by atoms with E-state index in [2.05, 4.69) is 6.92 Å². The van der Waals surface area contributed by atoms with E-state index in [4.69, 9.17) is 24.0 Å². The minimum atomic E-state index is -0.831. The zero-order valence-corrected chi connectivity index (χ0v) is 22.9. The molecule has 0 aliphatic heterocycles. The first kappa shape index (κ1) is 31.5. The fourth-order valence-corrected chi connectivity index (χ4v) is 3.50. The van der Waals surface area contributed by atoms with Crippen LogP contribution in [0.5, 0.6) is 5.75 Å². The summed E-state index contributed by atoms with van der Waals surface area (Å²) in [5.74, 6) is -0.403. The van der Waals surface area contributed by atoms with E-state index in [0.717, 1.165) is 42.4 Å². The predicted octanol–water partition coefficient (Wildman–Crippen LogP) is 5.85. The summed E-state index contributed by atoms with van der Waals surface area (Å²) in [5.41, 5.74) is 2.26. The zero-order valence-electron chi connectivity index (χ0n) is 22.9. The molecule has 0 bridgehead atoms. The molecule has 2 aromatic rings. The number of methoxy groups -OCH3 is 1. The standard InChI is InChI=1S/C31H38O8/c1-4-6-9-27(5-2)31(34)39-29(22-36-30(33)19-16-25-10-12-26(21-32)13-11-25)23-38-37-20-7-8-24-14-17-28(35-3)18-15-24/h7-8,10-19,21,27,29H,4-6,9,20,22-23H2,1-3H3. The molecule has 0 amide bonds. The molecule has 8 heteroatoms. The number of unbranched alkanes of at least 4 members (excludes halogenated alkanes) is 1. The second-order valence-corrected chi connectivity index (χ2v) is 8.80. The van der Waals surface area contributed by atoms with Gasteiger partial charge in [-0.15, -0.1) is 0 Å². The van der Waals surface area contributed by atoms with Crippen LogP contribution in [0.25, 0.3) is 12.2 Å². The lowest BCUT2D eigenvalue weighted by molar-refractivity contribution is -0.300. The molecule has 0 radical (unpaired) electrons. The second-order valence-electron chi connectivity index (χ2n) is 8.80. The lowest BCUT2D eigenvalue weighted by atomic mass is 10.00. The Hall–Kier alpha value is -3.75. The first-order valence-electron chi connectivity index (χ1n) is 13.1. The van der Waals surface area contributed by atoms with Crippen LogP contribution in [0.4, 0.5) is 0 Å². The Balaban J connectivity index is 1.88. The molecule has 0 aliphatic carbocycles. The maximum Gasteiger partial charge on any atom is 0.330 e. The van der Waals surface area contributed by atoms with Crippen molar-refractivity contribution in [3.8, 4) is 5.75 Å². The third-order valence-electron chi connectivity index (χ3n) is 5.84. The molecule has 2 rings (SSSR count). The smallest absolute Gasteiger partial charge is 0.330 e. The third-order valence-corrected chi connectivity index (χ3v) is 5.84. The Morgan fingerprint density at radius 1 is 0.872 bits per heavy atom. The molecular weight excluding hydrogens is 500 g/mol. The van der Waals surface area contributed by atoms with Gasteiger partial charge in [0.1, 0.15) is 31.9 Å². The highest BCUT2D eigenvalue weighted by Crippen LogP contribution is 2.16. The van der Waals surface area contributed by atoms with Crippen molar-refractivity contribution in [3.05, 3.63) is 77.4 Å². The van der Waals surface area contributed by atoms with Gasteiger partial charge in [0.05, 0.1) is 13.0 Å². The van der Waals surface area contributed by atoms with Crippen molar-refractivity contribution >= 4 is 30.4 Å². The van der Waals surface area contributed by atoms with Gasteiger partial charge in [-0.05, 0) is 42.2 Å². The summed E-state index contributed by atoms with van der Waals surface area (Å²) in [7, 11) is 1.61. The SMILES string of the molecule is CCCCC(CC)C(=O)OC(COOCC=Cc1ccc(OC)cc1)COC(=O)C=Cc1ccc(C=O)cc1. The van der Waals surface area contributed by atoms with Gasteiger partial charge in [-0.2, -0.15) is 0 Å². The number of carbonyl (C=O) groups is 3. The van der Waals surface area contributed by atoms with E-state index in [0.29, 0.717) is 12.0 Å². The molecule has 0 fully saturated rings. The van der Waals surface area contributed by atoms with Gasteiger partial charge in [-0.25, -0.2) is 14.6 Å². The van der Waals surface area contributed by atoms with Crippen LogP contribution in [0.3, 0.4) is 0 Å². The highest BCUT2D eigenvalue weighted by Gasteiger charge is 2.23. The van der Waals surface area contributed by atoms with Gasteiger partial charge in [-0.1, -0.05) is 75.2 Å². The maximum atomic E-state index is 12.7. The van der Waals surface area contributed by atoms with Gasteiger partial charge in [-0.3, -0.25) is 9.59 Å². The van der Waals surface area contributed by atoms with Crippen LogP contribution in [-0.4, -0.2) is 51.3 Å². The Bertz CT molecular complexity index is 1060. The molecule has 2 atom stereocenters. The van der Waals surface area contributed by atoms with E-state index in [9.17, 15) is 14.4 Å². The third kappa shape index (κ3) is 12.6. The van der Waals surface area contributed by atoms with E-state index in [-0.39, 0.29) is 31.7 Å². The summed E-state index contributed by atoms with van der Waals surface area (Å²) >= 11 is 0. The first-order valence-corrected chi connectivity index (χ1v) is 13.1. The molecule has 0 saturated carbocycles. The van der Waals surface area contributed by atoms with Crippen LogP contribution >= 0.6 is 0 Å². The van der Waals surface area contributed by atoms with Crippen LogP contribution in [0, 0.1) is 5.92 Å². The predicted molar refractivity (Wildman–Crippen MR) is 149 cm³/mol. The maximum absolute atomic E-state index is 12.7. The van der Waals surface area contributed by atoms with Crippen LogP contribution in [0.1, 0.15) is 61.0 Å². The van der Waals surface area contributed by atoms with Crippen molar-refractivity contribution in [3.63, 3.8) is 0 Å². The minimum absolute atomic E-state index is 0.101. The van der Waals surface area contributed by atoms with Crippen LogP contribution in [0.2, 0.25) is 0 Å². The van der Waals surface area contributed by atoms with Crippen molar-refractivity contribution in [2.75, 3.05) is 26.9 Å². The number of hydrogen-bond acceptors (Lipinski definition) is 8. The number of carbonyl (C=O) groups excluding carboxylic acids is 3. The summed E-state index contributed by atoms with van der Waals surface area (Å²) in [6.07, 6.45) is 9.72. The quantitative estimate of drug-likeness (QED) is 0.0582. The molecule has 39 heavy (non-hydrogen) atoms. The van der Waals surface area contributed by atoms with Gasteiger partial charge in [0.2, 0.25) is 0 Å². The molecule has 0 saturated heterocycles. The number of esters is 2. The Morgan fingerprint density at radius 2 is 1.54 bits per heavy atom. The van der Waals surface area contributed by atoms with E-state index in [1.54, 1.807) is 43.5 Å². The Kier molecular flexibility index (Phi) is 14.9. The zero-order chi connectivity index (χ0) is 28.3. The number of hydrogen-bond donors (Lipinski definition) is 0. The fraction of sp³-hybridized carbons (Fsp3) is 0.387. The molecule has 0 spiro atoms. The summed E-state index contributed by atoms with van der Waals surface area (Å²) in [6, 6.07) is 14.3. The highest BCUT2D eigenvalue weighted by atomic mass is 17.2. The summed E-state index contributed by atoms with van der Waals surface area (Å²) < 4.78 is 16.1. The number of rotatable bonds is 18. The van der Waals surface area contributed by atoms with Crippen molar-refractivity contribution in [1.82, 2.24) is 0 Å². The van der Waals surface area contributed by atoms with E-state index in [1.165, 1.54) is 6.08 Å². The average molecular weight is 539 g/mol. The molecule has 210 valence electrons. The Morgan fingerprint density at radius 3 is 2.18 bits per heavy atom. The molecule has 2 aromatic carbocycles. The van der Waals surface area contributed by atoms with Crippen molar-refractivity contribution < 1.29 is 38.4 Å². The molecular formula is C31H38O8. The van der Waals surface area contributed by atoms with Gasteiger partial charge < -0.3 is 14.2 Å². The molecule has 8 nitrogen and oxygen atoms in total. The van der Waals surface area contributed by atoms with Gasteiger partial charge in [0.25, 0.3) is 0 Å². The Labute approximate surface area is 230 Å². The fourth-order valence-electron chi connectivity index (χ4n) is 3.50. The van der Waals surface area contributed by atoms with E-state index >= 15 is 0 Å². The summed E-state index contributed by atoms with van der Waals surface area (Å²) in [6.45, 7) is 3.90. The monoisotopic (exact) mass is 538 g/mol. The summed E-state index contributed by atoms with van der Waals surface area (Å²) in [5, 5.41) is 0. The topological polar surface area (TPSA) is 97.4 Å². The average Bonchev–Trinajstić information content (AvgIpc) is 2.97. The largest absolute Gasteiger partial charge is 0.497 e. The first-order chi connectivity index (χ1) is 19.0. The van der Waals surface area contributed by atoms with E-state index in [1.807, 2.05) is 37.3 Å². The normalized spacial score (nSPS) is 12.8. The molecule has 0 N–H and O–H groups in total. The van der Waals surface area contributed by atoms with Crippen LogP contribution in [-0.2, 0) is 28.8 Å². The van der Waals surface area contributed by atoms with Crippen molar-refractivity contribution in [1.29, 1.82) is 0 Å². The van der Waals surface area contributed by atoms with Crippen LogP contribution in [0.15, 0.2) is 60.7 Å². The van der Waals surface area contributed by atoms with E-state index < -0.39 is 12.1 Å². The van der Waals surface area contributed by atoms with Gasteiger partial charge >= 0.3 is 11.9 Å². The van der Waals surface area contributed by atoms with Crippen LogP contribution < -0.4 is 4.74 Å². The highest BCUT2D eigenvalue weighted by molar-refractivity contribution is 5.87. The molecule has 0 aliphatic rings. The second kappa shape index (κ2) is 18.5. The lowest BCUT2D eigenvalue weighted by Crippen LogP contribution is -2.32. The van der Waals surface area contributed by atoms with Gasteiger partial charge in [0, 0.05) is 11.6 Å². The minimum Gasteiger partial charge on any atom is -0.497 e. The molecule has 0 aromatic heterocycles. The lowest BCUT2D eigenvalue weighted by Gasteiger charge is -2.20. The van der Waals surface area contributed by atoms with Crippen molar-refractivity contribution in [2.24, 2.45) is 5.92 Å². The molecule has 0 heterocycles. The van der Waals surface area contributed by atoms with Crippen molar-refractivity contribution in [2.45, 2.75) is 45.6 Å². The molecule has 2 unspecified atom stereocenters. The number of ether oxygens (including phenoxy) is 3.